The lowest BCUT2D eigenvalue weighted by molar-refractivity contribution is 0.651. The molecule has 0 aliphatic rings. The van der Waals surface area contributed by atoms with Gasteiger partial charge in [-0.15, -0.1) is 0 Å². The van der Waals surface area contributed by atoms with Gasteiger partial charge in [0.25, 0.3) is 0 Å². The fraction of sp³-hybridized carbons (Fsp3) is 0.357. The second-order valence-electron chi connectivity index (χ2n) is 4.91. The molecular weight excluding hydrogens is 252 g/mol. The van der Waals surface area contributed by atoms with Crippen LogP contribution in [0.15, 0.2) is 24.7 Å². The fourth-order valence-electron chi connectivity index (χ4n) is 2.36. The van der Waals surface area contributed by atoms with Crippen molar-refractivity contribution in [2.45, 2.75) is 20.4 Å². The van der Waals surface area contributed by atoms with E-state index < -0.39 is 0 Å². The molecule has 6 heteroatoms. The normalized spacial score (nSPS) is 11.2. The lowest BCUT2D eigenvalue weighted by atomic mass is 10.3. The van der Waals surface area contributed by atoms with Crippen molar-refractivity contribution < 1.29 is 0 Å². The van der Waals surface area contributed by atoms with Crippen LogP contribution in [0.3, 0.4) is 0 Å². The molecule has 3 rings (SSSR count). The third-order valence-electron chi connectivity index (χ3n) is 3.47. The molecule has 0 atom stereocenters. The molecule has 0 aliphatic heterocycles. The highest BCUT2D eigenvalue weighted by atomic mass is 15.4. The van der Waals surface area contributed by atoms with E-state index in [0.29, 0.717) is 0 Å². The molecule has 0 unspecified atom stereocenters. The second kappa shape index (κ2) is 4.63. The average Bonchev–Trinajstić information content (AvgIpc) is 3.01. The molecule has 0 saturated carbocycles. The van der Waals surface area contributed by atoms with Crippen molar-refractivity contribution in [3.63, 3.8) is 0 Å². The van der Waals surface area contributed by atoms with Gasteiger partial charge in [0.15, 0.2) is 0 Å². The minimum absolute atomic E-state index is 0.835. The lowest BCUT2D eigenvalue weighted by Gasteiger charge is -2.18. The first-order valence-electron chi connectivity index (χ1n) is 6.65. The maximum Gasteiger partial charge on any atom is 0.136 e. The molecule has 3 heterocycles. The van der Waals surface area contributed by atoms with Crippen LogP contribution >= 0.6 is 0 Å². The summed E-state index contributed by atoms with van der Waals surface area (Å²) in [6, 6.07) is 4.11. The SMILES string of the molecule is CCn1nc(C)cc1N(C)c1cc2c(cn1)ncn2C. The molecule has 0 aliphatic carbocycles. The molecular formula is C14H18N6. The Kier molecular flexibility index (Phi) is 2.93. The van der Waals surface area contributed by atoms with Gasteiger partial charge < -0.3 is 9.47 Å². The van der Waals surface area contributed by atoms with Crippen molar-refractivity contribution >= 4 is 22.7 Å². The van der Waals surface area contributed by atoms with Crippen molar-refractivity contribution in [2.24, 2.45) is 7.05 Å². The van der Waals surface area contributed by atoms with E-state index >= 15 is 0 Å². The Bertz CT molecular complexity index is 754. The maximum atomic E-state index is 4.49. The van der Waals surface area contributed by atoms with E-state index in [2.05, 4.69) is 33.0 Å². The van der Waals surface area contributed by atoms with E-state index in [1.54, 1.807) is 12.5 Å². The van der Waals surface area contributed by atoms with Gasteiger partial charge in [0.2, 0.25) is 0 Å². The van der Waals surface area contributed by atoms with Gasteiger partial charge in [-0.3, -0.25) is 0 Å². The molecule has 0 fully saturated rings. The predicted octanol–water partition coefficient (Wildman–Crippen LogP) is 2.26. The summed E-state index contributed by atoms with van der Waals surface area (Å²) < 4.78 is 3.97. The van der Waals surface area contributed by atoms with E-state index in [9.17, 15) is 0 Å². The third-order valence-corrected chi connectivity index (χ3v) is 3.47. The highest BCUT2D eigenvalue weighted by molar-refractivity contribution is 5.78. The van der Waals surface area contributed by atoms with Crippen molar-refractivity contribution in [2.75, 3.05) is 11.9 Å². The van der Waals surface area contributed by atoms with Gasteiger partial charge in [-0.2, -0.15) is 5.10 Å². The smallest absolute Gasteiger partial charge is 0.136 e. The van der Waals surface area contributed by atoms with E-state index in [1.807, 2.05) is 36.3 Å². The van der Waals surface area contributed by atoms with Gasteiger partial charge in [0.05, 0.1) is 23.7 Å². The summed E-state index contributed by atoms with van der Waals surface area (Å²) in [4.78, 5) is 10.8. The van der Waals surface area contributed by atoms with Crippen LogP contribution in [0, 0.1) is 6.92 Å². The van der Waals surface area contributed by atoms with Gasteiger partial charge >= 0.3 is 0 Å². The van der Waals surface area contributed by atoms with Crippen LogP contribution in [0.4, 0.5) is 11.6 Å². The Morgan fingerprint density at radius 3 is 2.80 bits per heavy atom. The number of hydrogen-bond donors (Lipinski definition) is 0. The average molecular weight is 270 g/mol. The van der Waals surface area contributed by atoms with Gasteiger partial charge in [0.1, 0.15) is 17.2 Å². The Hall–Kier alpha value is -2.37. The molecule has 0 radical (unpaired) electrons. The summed E-state index contributed by atoms with van der Waals surface area (Å²) in [6.45, 7) is 4.92. The number of aromatic nitrogens is 5. The molecule has 0 bridgehead atoms. The molecule has 6 nitrogen and oxygen atoms in total. The first-order chi connectivity index (χ1) is 9.60. The zero-order valence-corrected chi connectivity index (χ0v) is 12.2. The number of pyridine rings is 1. The molecule has 20 heavy (non-hydrogen) atoms. The Labute approximate surface area is 117 Å². The van der Waals surface area contributed by atoms with Crippen LogP contribution in [-0.2, 0) is 13.6 Å². The number of fused-ring (bicyclic) bond motifs is 1. The molecule has 0 amide bonds. The van der Waals surface area contributed by atoms with Gasteiger partial charge in [-0.25, -0.2) is 14.6 Å². The van der Waals surface area contributed by atoms with Crippen LogP contribution < -0.4 is 4.90 Å². The molecule has 3 aromatic heterocycles. The van der Waals surface area contributed by atoms with Gasteiger partial charge in [0, 0.05) is 32.8 Å². The molecule has 0 spiro atoms. The number of hydrogen-bond acceptors (Lipinski definition) is 4. The summed E-state index contributed by atoms with van der Waals surface area (Å²) in [5.41, 5.74) is 2.99. The van der Waals surface area contributed by atoms with E-state index in [-0.39, 0.29) is 0 Å². The van der Waals surface area contributed by atoms with Crippen molar-refractivity contribution in [3.05, 3.63) is 30.4 Å². The zero-order valence-electron chi connectivity index (χ0n) is 12.2. The minimum atomic E-state index is 0.835. The van der Waals surface area contributed by atoms with E-state index in [1.165, 1.54) is 0 Å². The van der Waals surface area contributed by atoms with E-state index in [0.717, 1.165) is 34.9 Å². The summed E-state index contributed by atoms with van der Waals surface area (Å²) in [5.74, 6) is 1.93. The number of aryl methyl sites for hydroxylation is 3. The number of nitrogens with zero attached hydrogens (tertiary/aromatic N) is 6. The van der Waals surface area contributed by atoms with Crippen molar-refractivity contribution in [1.29, 1.82) is 0 Å². The van der Waals surface area contributed by atoms with Crippen LogP contribution in [0.25, 0.3) is 11.0 Å². The Morgan fingerprint density at radius 1 is 1.25 bits per heavy atom. The van der Waals surface area contributed by atoms with Gasteiger partial charge in [-0.05, 0) is 13.8 Å². The van der Waals surface area contributed by atoms with Crippen LogP contribution in [0.1, 0.15) is 12.6 Å². The highest BCUT2D eigenvalue weighted by Gasteiger charge is 2.13. The number of imidazole rings is 1. The highest BCUT2D eigenvalue weighted by Crippen LogP contribution is 2.25. The summed E-state index contributed by atoms with van der Waals surface area (Å²) in [6.07, 6.45) is 3.61. The number of rotatable bonds is 3. The Morgan fingerprint density at radius 2 is 2.05 bits per heavy atom. The standard InChI is InChI=1S/C14H18N6/c1-5-20-14(6-10(2)17-20)19(4)13-7-12-11(8-15-13)16-9-18(12)3/h6-9H,5H2,1-4H3. The molecule has 0 saturated heterocycles. The fourth-order valence-corrected chi connectivity index (χ4v) is 2.36. The van der Waals surface area contributed by atoms with Crippen LogP contribution in [-0.4, -0.2) is 31.4 Å². The summed E-state index contributed by atoms with van der Waals surface area (Å²) in [5, 5.41) is 4.48. The third kappa shape index (κ3) is 1.93. The quantitative estimate of drug-likeness (QED) is 0.732. The monoisotopic (exact) mass is 270 g/mol. The second-order valence-corrected chi connectivity index (χ2v) is 4.91. The Balaban J connectivity index is 2.06. The van der Waals surface area contributed by atoms with Crippen LogP contribution in [0.2, 0.25) is 0 Å². The minimum Gasteiger partial charge on any atom is -0.334 e. The number of anilines is 2. The first-order valence-corrected chi connectivity index (χ1v) is 6.65. The maximum absolute atomic E-state index is 4.49. The predicted molar refractivity (Wildman–Crippen MR) is 79.2 cm³/mol. The lowest BCUT2D eigenvalue weighted by Crippen LogP contribution is -2.16. The van der Waals surface area contributed by atoms with Crippen molar-refractivity contribution in [3.8, 4) is 0 Å². The summed E-state index contributed by atoms with van der Waals surface area (Å²) in [7, 11) is 3.99. The van der Waals surface area contributed by atoms with Crippen LogP contribution in [0.5, 0.6) is 0 Å². The zero-order chi connectivity index (χ0) is 14.3. The molecule has 3 aromatic rings. The van der Waals surface area contributed by atoms with E-state index in [4.69, 9.17) is 0 Å². The first kappa shape index (κ1) is 12.7. The topological polar surface area (TPSA) is 51.8 Å². The molecule has 0 N–H and O–H groups in total. The van der Waals surface area contributed by atoms with Gasteiger partial charge in [-0.1, -0.05) is 0 Å². The molecule has 104 valence electrons. The molecule has 0 aromatic carbocycles. The van der Waals surface area contributed by atoms with Crippen molar-refractivity contribution in [1.82, 2.24) is 24.3 Å². The summed E-state index contributed by atoms with van der Waals surface area (Å²) >= 11 is 0. The largest absolute Gasteiger partial charge is 0.334 e.